The van der Waals surface area contributed by atoms with Crippen LogP contribution in [0.2, 0.25) is 10.3 Å². The number of benzene rings is 2. The predicted octanol–water partition coefficient (Wildman–Crippen LogP) is 10.6. The maximum Gasteiger partial charge on any atom is 0.176 e. The van der Waals surface area contributed by atoms with E-state index < -0.39 is 0 Å². The van der Waals surface area contributed by atoms with Crippen molar-refractivity contribution in [2.75, 3.05) is 4.90 Å². The molecule has 0 bridgehead atoms. The van der Waals surface area contributed by atoms with Gasteiger partial charge in [-0.1, -0.05) is 69.5 Å². The molecule has 6 heterocycles. The molecule has 10 heteroatoms. The van der Waals surface area contributed by atoms with E-state index in [0.717, 1.165) is 59.6 Å². The number of fused-ring (bicyclic) bond motifs is 10. The SMILES string of the molecule is C.CCCC1Oc2ccc(Cl)nc2-c2cc3c(F)cccc3n21.CCCC1Oc2ccc(Cl)nc2C2Cc3c(F)cccc3N12.[2H][2H]. The molecule has 3 aromatic heterocycles. The van der Waals surface area contributed by atoms with E-state index in [4.69, 9.17) is 35.6 Å². The first-order valence-electron chi connectivity index (χ1n) is 15.9. The van der Waals surface area contributed by atoms with Gasteiger partial charge in [-0.15, -0.1) is 0 Å². The Morgan fingerprint density at radius 1 is 0.867 bits per heavy atom. The lowest BCUT2D eigenvalue weighted by Gasteiger charge is -2.40. The van der Waals surface area contributed by atoms with Gasteiger partial charge < -0.3 is 18.9 Å². The highest BCUT2D eigenvalue weighted by atomic mass is 35.5. The molecular formula is C35H36Cl2F2N4O2. The van der Waals surface area contributed by atoms with Crippen LogP contribution in [0.15, 0.2) is 66.7 Å². The minimum absolute atomic E-state index is 0. The number of rotatable bonds is 4. The van der Waals surface area contributed by atoms with Crippen LogP contribution in [0.5, 0.6) is 11.5 Å². The Morgan fingerprint density at radius 3 is 2.31 bits per heavy atom. The first-order chi connectivity index (χ1) is 22.4. The first-order valence-corrected chi connectivity index (χ1v) is 15.6. The molecule has 0 fully saturated rings. The van der Waals surface area contributed by atoms with Crippen LogP contribution in [0.4, 0.5) is 14.5 Å². The second kappa shape index (κ2) is 12.5. The number of aromatic nitrogens is 3. The lowest BCUT2D eigenvalue weighted by atomic mass is 10.0. The summed E-state index contributed by atoms with van der Waals surface area (Å²) in [6, 6.07) is 19.3. The van der Waals surface area contributed by atoms with Crippen molar-refractivity contribution in [3.05, 3.63) is 99.9 Å². The van der Waals surface area contributed by atoms with Gasteiger partial charge in [0.2, 0.25) is 0 Å². The lowest BCUT2D eigenvalue weighted by Crippen LogP contribution is -2.44. The molecule has 0 saturated carbocycles. The number of hydrogen-bond acceptors (Lipinski definition) is 5. The highest BCUT2D eigenvalue weighted by Crippen LogP contribution is 2.49. The van der Waals surface area contributed by atoms with Gasteiger partial charge in [0.25, 0.3) is 0 Å². The molecule has 0 N–H and O–H groups in total. The zero-order chi connectivity index (χ0) is 32.5. The van der Waals surface area contributed by atoms with Crippen LogP contribution in [-0.2, 0) is 6.42 Å². The fraction of sp³-hybridized carbons (Fsp3) is 0.314. The summed E-state index contributed by atoms with van der Waals surface area (Å²) in [5.74, 6) is 1.06. The van der Waals surface area contributed by atoms with E-state index in [1.807, 2.05) is 34.9 Å². The summed E-state index contributed by atoms with van der Waals surface area (Å²) in [5, 5.41) is 1.41. The van der Waals surface area contributed by atoms with Crippen molar-refractivity contribution < 1.29 is 21.2 Å². The van der Waals surface area contributed by atoms with Crippen molar-refractivity contribution in [2.24, 2.45) is 0 Å². The molecule has 3 aliphatic heterocycles. The molecule has 5 aromatic rings. The number of halogens is 4. The lowest BCUT2D eigenvalue weighted by molar-refractivity contribution is 0.120. The molecule has 0 radical (unpaired) electrons. The molecule has 0 amide bonds. The number of hydrogen-bond donors (Lipinski definition) is 0. The van der Waals surface area contributed by atoms with Gasteiger partial charge in [0, 0.05) is 38.9 Å². The highest BCUT2D eigenvalue weighted by molar-refractivity contribution is 6.29. The zero-order valence-electron chi connectivity index (χ0n) is 26.2. The van der Waals surface area contributed by atoms with Crippen molar-refractivity contribution in [3.8, 4) is 22.9 Å². The molecule has 45 heavy (non-hydrogen) atoms. The summed E-state index contributed by atoms with van der Waals surface area (Å²) in [4.78, 5) is 11.0. The first kappa shape index (κ1) is 29.8. The molecule has 3 atom stereocenters. The maximum absolute atomic E-state index is 14.2. The number of nitrogens with zero attached hydrogens (tertiary/aromatic N) is 4. The molecule has 0 saturated heterocycles. The highest BCUT2D eigenvalue weighted by Gasteiger charge is 2.43. The Hall–Kier alpha value is -3.88. The fourth-order valence-corrected chi connectivity index (χ4v) is 6.80. The van der Waals surface area contributed by atoms with Gasteiger partial charge in [-0.05, 0) is 54.6 Å². The van der Waals surface area contributed by atoms with Crippen LogP contribution in [-0.4, -0.2) is 20.8 Å². The Kier molecular flexibility index (Phi) is 8.27. The quantitative estimate of drug-likeness (QED) is 0.180. The minimum Gasteiger partial charge on any atom is -0.469 e. The summed E-state index contributed by atoms with van der Waals surface area (Å²) in [5.41, 5.74) is 4.79. The minimum atomic E-state index is -0.238. The second-order valence-corrected chi connectivity index (χ2v) is 11.9. The van der Waals surface area contributed by atoms with E-state index in [0.29, 0.717) is 33.6 Å². The van der Waals surface area contributed by atoms with Gasteiger partial charge in [0.15, 0.2) is 12.5 Å². The van der Waals surface area contributed by atoms with Crippen LogP contribution < -0.4 is 14.4 Å². The molecule has 236 valence electrons. The summed E-state index contributed by atoms with van der Waals surface area (Å²) in [6.07, 6.45) is 4.04. The van der Waals surface area contributed by atoms with Gasteiger partial charge >= 0.3 is 0 Å². The molecule has 3 unspecified atom stereocenters. The largest absolute Gasteiger partial charge is 0.469 e. The average molecular weight is 656 g/mol. The molecular weight excluding hydrogens is 617 g/mol. The summed E-state index contributed by atoms with van der Waals surface area (Å²) < 4.78 is 52.5. The standard InChI is InChI=1S/C17H16ClFN2O.C17H14ClFN2O.CH4.H2/c2*1-2-4-16-21-12-6-3-5-11(19)10(12)9-13(21)17-14(22-16)7-8-15(18)20-17;;/h3,5-8,13,16H,2,4,9H2,1H3;3,5-9,16H,2,4H2,1H3;1H4;1H/i;;;1+1D. The van der Waals surface area contributed by atoms with Crippen molar-refractivity contribution in [1.29, 1.82) is 0 Å². The maximum atomic E-state index is 14.2. The van der Waals surface area contributed by atoms with Gasteiger partial charge in [0.1, 0.15) is 44.8 Å². The molecule has 0 spiro atoms. The van der Waals surface area contributed by atoms with E-state index in [-0.39, 0.29) is 37.6 Å². The summed E-state index contributed by atoms with van der Waals surface area (Å²) in [6.45, 7) is 4.22. The van der Waals surface area contributed by atoms with Crippen LogP contribution in [0.3, 0.4) is 0 Å². The van der Waals surface area contributed by atoms with Gasteiger partial charge in [-0.2, -0.15) is 0 Å². The fourth-order valence-electron chi connectivity index (χ4n) is 6.50. The van der Waals surface area contributed by atoms with Crippen LogP contribution in [0, 0.1) is 11.6 Å². The third kappa shape index (κ3) is 5.38. The number of pyridine rings is 2. The smallest absolute Gasteiger partial charge is 0.176 e. The van der Waals surface area contributed by atoms with Crippen molar-refractivity contribution >= 4 is 39.8 Å². The van der Waals surface area contributed by atoms with Crippen LogP contribution in [0.25, 0.3) is 22.3 Å². The van der Waals surface area contributed by atoms with Crippen molar-refractivity contribution in [2.45, 2.75) is 71.9 Å². The third-order valence-electron chi connectivity index (χ3n) is 8.37. The van der Waals surface area contributed by atoms with E-state index >= 15 is 0 Å². The Morgan fingerprint density at radius 2 is 1.53 bits per heavy atom. The van der Waals surface area contributed by atoms with Crippen molar-refractivity contribution in [1.82, 2.24) is 14.5 Å². The molecule has 3 aliphatic rings. The van der Waals surface area contributed by atoms with E-state index in [1.54, 1.807) is 24.3 Å². The second-order valence-electron chi connectivity index (χ2n) is 11.2. The normalized spacial score (nSPS) is 18.8. The summed E-state index contributed by atoms with van der Waals surface area (Å²) >= 11 is 12.1. The molecule has 8 rings (SSSR count). The monoisotopic (exact) mass is 654 g/mol. The number of anilines is 1. The van der Waals surface area contributed by atoms with Crippen LogP contribution >= 0.6 is 23.2 Å². The topological polar surface area (TPSA) is 52.4 Å². The number of ether oxygens (including phenoxy) is 2. The van der Waals surface area contributed by atoms with Crippen LogP contribution in [0.1, 0.15) is 73.5 Å². The summed E-state index contributed by atoms with van der Waals surface area (Å²) in [7, 11) is 0. The average Bonchev–Trinajstić information content (AvgIpc) is 3.66. The Bertz CT molecular complexity index is 1890. The third-order valence-corrected chi connectivity index (χ3v) is 8.79. The molecule has 0 aliphatic carbocycles. The Balaban J connectivity index is 0.000000172. The van der Waals surface area contributed by atoms with E-state index in [1.165, 1.54) is 12.1 Å². The molecule has 6 nitrogen and oxygen atoms in total. The molecule has 2 aromatic carbocycles. The van der Waals surface area contributed by atoms with Gasteiger partial charge in [-0.25, -0.2) is 18.7 Å². The predicted molar refractivity (Wildman–Crippen MR) is 177 cm³/mol. The van der Waals surface area contributed by atoms with Gasteiger partial charge in [-0.3, -0.25) is 0 Å². The van der Waals surface area contributed by atoms with Crippen molar-refractivity contribution in [3.63, 3.8) is 0 Å². The van der Waals surface area contributed by atoms with E-state index in [2.05, 4.69) is 28.7 Å². The zero-order valence-corrected chi connectivity index (χ0v) is 25.7. The van der Waals surface area contributed by atoms with E-state index in [9.17, 15) is 8.78 Å². The Labute approximate surface area is 274 Å². The van der Waals surface area contributed by atoms with Gasteiger partial charge in [0.05, 0.1) is 17.3 Å².